The van der Waals surface area contributed by atoms with Crippen molar-refractivity contribution in [3.8, 4) is 11.5 Å². The molecule has 4 N–H and O–H groups in total. The molecule has 2 unspecified atom stereocenters. The first-order valence-electron chi connectivity index (χ1n) is 17.2. The molecule has 0 saturated heterocycles. The fraction of sp³-hybridized carbons (Fsp3) is 0.513. The Bertz CT molecular complexity index is 1580. The Labute approximate surface area is 311 Å². The third-order valence-electron chi connectivity index (χ3n) is 8.54. The van der Waals surface area contributed by atoms with E-state index in [0.29, 0.717) is 13.1 Å². The van der Waals surface area contributed by atoms with Gasteiger partial charge in [-0.25, -0.2) is 4.79 Å². The third kappa shape index (κ3) is 11.7. The number of amides is 2. The number of carbonyl (C=O) groups excluding carboxylic acids is 1. The Morgan fingerprint density at radius 1 is 0.660 bits per heavy atom. The quantitative estimate of drug-likeness (QED) is 0.0958. The fourth-order valence-electron chi connectivity index (χ4n) is 5.66. The van der Waals surface area contributed by atoms with E-state index in [0.717, 1.165) is 81.8 Å². The topological polar surface area (TPSA) is 109 Å². The lowest BCUT2D eigenvalue weighted by Gasteiger charge is -2.21. The number of methoxy groups -OCH3 is 2. The first kappa shape index (κ1) is 42.5. The van der Waals surface area contributed by atoms with Crippen molar-refractivity contribution < 1.29 is 14.3 Å². The van der Waals surface area contributed by atoms with Crippen LogP contribution in [0.5, 0.6) is 11.5 Å². The Kier molecular flexibility index (Phi) is 15.7. The highest BCUT2D eigenvalue weighted by Crippen LogP contribution is 2.33. The molecule has 4 rings (SSSR count). The number of nitrogens with one attached hydrogen (secondary N) is 4. The number of halogens is 2. The van der Waals surface area contributed by atoms with Gasteiger partial charge in [0.05, 0.1) is 36.6 Å². The summed E-state index contributed by atoms with van der Waals surface area (Å²) in [5.41, 5.74) is 5.83. The van der Waals surface area contributed by atoms with Gasteiger partial charge >= 0.3 is 6.03 Å². The van der Waals surface area contributed by atoms with Crippen LogP contribution in [0.15, 0.2) is 48.5 Å². The number of benzene rings is 2. The van der Waals surface area contributed by atoms with E-state index in [1.54, 1.807) is 14.2 Å². The average Bonchev–Trinajstić information content (AvgIpc) is 3.03. The van der Waals surface area contributed by atoms with Crippen molar-refractivity contribution in [2.45, 2.75) is 104 Å². The first-order chi connectivity index (χ1) is 22.7. The number of hydrogen-bond donors (Lipinski definition) is 4. The van der Waals surface area contributed by atoms with Crippen LogP contribution in [-0.4, -0.2) is 55.4 Å². The Morgan fingerprint density at radius 3 is 1.38 bits per heavy atom. The molecule has 0 radical (unpaired) electrons. The molecule has 0 aliphatic carbocycles. The summed E-state index contributed by atoms with van der Waals surface area (Å²) < 4.78 is 11.1. The smallest absolute Gasteiger partial charge is 0.314 e. The van der Waals surface area contributed by atoms with Crippen molar-refractivity contribution in [3.05, 3.63) is 59.9 Å². The van der Waals surface area contributed by atoms with Crippen LogP contribution in [0, 0.1) is 0 Å². The van der Waals surface area contributed by atoms with Gasteiger partial charge in [0.1, 0.15) is 11.5 Å². The summed E-state index contributed by atoms with van der Waals surface area (Å²) in [7, 11) is 3.37. The molecule has 2 heterocycles. The minimum atomic E-state index is -0.133. The van der Waals surface area contributed by atoms with Crippen LogP contribution in [-0.2, 0) is 10.8 Å². The predicted molar refractivity (Wildman–Crippen MR) is 215 cm³/mol. The van der Waals surface area contributed by atoms with Crippen molar-refractivity contribution in [3.63, 3.8) is 0 Å². The van der Waals surface area contributed by atoms with Crippen LogP contribution >= 0.6 is 24.8 Å². The molecule has 0 spiro atoms. The molecule has 11 heteroatoms. The first-order valence-corrected chi connectivity index (χ1v) is 17.2. The van der Waals surface area contributed by atoms with Gasteiger partial charge in [0, 0.05) is 70.3 Å². The van der Waals surface area contributed by atoms with Crippen LogP contribution < -0.4 is 30.7 Å². The van der Waals surface area contributed by atoms with Gasteiger partial charge in [0.2, 0.25) is 0 Å². The van der Waals surface area contributed by atoms with Crippen LogP contribution in [0.25, 0.3) is 21.8 Å². The molecule has 0 aliphatic heterocycles. The van der Waals surface area contributed by atoms with Gasteiger partial charge < -0.3 is 30.7 Å². The van der Waals surface area contributed by atoms with Gasteiger partial charge in [0.25, 0.3) is 0 Å². The Hall–Kier alpha value is -3.69. The molecule has 2 aromatic carbocycles. The molecular weight excluding hydrogens is 671 g/mol. The lowest BCUT2D eigenvalue weighted by molar-refractivity contribution is 0.240. The zero-order chi connectivity index (χ0) is 35.1. The zero-order valence-corrected chi connectivity index (χ0v) is 33.1. The molecule has 9 nitrogen and oxygen atoms in total. The predicted octanol–water partition coefficient (Wildman–Crippen LogP) is 9.40. The number of urea groups is 1. The number of fused-ring (bicyclic) bond motifs is 2. The monoisotopic (exact) mass is 728 g/mol. The highest BCUT2D eigenvalue weighted by atomic mass is 35.5. The second-order valence-corrected chi connectivity index (χ2v) is 14.9. The molecule has 0 fully saturated rings. The van der Waals surface area contributed by atoms with E-state index >= 15 is 0 Å². The molecule has 276 valence electrons. The molecule has 50 heavy (non-hydrogen) atoms. The Morgan fingerprint density at radius 2 is 1.04 bits per heavy atom. The molecule has 0 aliphatic rings. The normalized spacial score (nSPS) is 12.7. The molecule has 0 bridgehead atoms. The minimum Gasteiger partial charge on any atom is -0.497 e. The molecule has 2 aromatic heterocycles. The van der Waals surface area contributed by atoms with E-state index in [1.165, 1.54) is 0 Å². The standard InChI is InChI=1S/C39H56N6O3.2ClH/c1-25(42-31-23-29(47-9)21-27-15-17-33(38(3,4)5)44-35(27)31)13-11-19-40-37(46)41-20-12-14-26(2)43-32-24-30(48-10)22-28-16-18-34(39(6,7)8)45-36(28)32;;/h15-18,21-26,42-43H,11-14,19-20H2,1-10H3,(H2,40,41,46);2*1H. The van der Waals surface area contributed by atoms with Crippen LogP contribution in [0.2, 0.25) is 0 Å². The van der Waals surface area contributed by atoms with Crippen molar-refractivity contribution in [1.29, 1.82) is 0 Å². The van der Waals surface area contributed by atoms with E-state index in [9.17, 15) is 4.79 Å². The summed E-state index contributed by atoms with van der Waals surface area (Å²) in [6.45, 7) is 18.6. The second-order valence-electron chi connectivity index (χ2n) is 14.9. The Balaban J connectivity index is 0.00000433. The zero-order valence-electron chi connectivity index (χ0n) is 31.5. The van der Waals surface area contributed by atoms with Crippen molar-refractivity contribution in [2.75, 3.05) is 37.9 Å². The van der Waals surface area contributed by atoms with E-state index in [-0.39, 0.29) is 53.8 Å². The van der Waals surface area contributed by atoms with Crippen LogP contribution in [0.1, 0.15) is 92.5 Å². The van der Waals surface area contributed by atoms with Gasteiger partial charge in [-0.15, -0.1) is 24.8 Å². The summed E-state index contributed by atoms with van der Waals surface area (Å²) in [6, 6.07) is 16.7. The number of nitrogens with zero attached hydrogens (tertiary/aromatic N) is 2. The number of anilines is 2. The number of pyridine rings is 2. The van der Waals surface area contributed by atoms with Crippen molar-refractivity contribution >= 4 is 64.0 Å². The summed E-state index contributed by atoms with van der Waals surface area (Å²) in [4.78, 5) is 22.5. The summed E-state index contributed by atoms with van der Waals surface area (Å²) in [5, 5.41) is 15.4. The number of rotatable bonds is 14. The highest BCUT2D eigenvalue weighted by molar-refractivity contribution is 5.93. The van der Waals surface area contributed by atoms with Gasteiger partial charge in [-0.2, -0.15) is 0 Å². The van der Waals surface area contributed by atoms with Crippen molar-refractivity contribution in [2.24, 2.45) is 0 Å². The SMILES string of the molecule is COc1cc(NC(C)CCCNC(=O)NCCCC(C)Nc2cc(OC)cc3ccc(C(C)(C)C)nc23)c2nc(C(C)(C)C)ccc2c1.Cl.Cl. The van der Waals surface area contributed by atoms with Crippen LogP contribution in [0.3, 0.4) is 0 Å². The number of ether oxygens (including phenoxy) is 2. The van der Waals surface area contributed by atoms with E-state index in [1.807, 2.05) is 24.3 Å². The maximum absolute atomic E-state index is 12.5. The van der Waals surface area contributed by atoms with E-state index in [2.05, 4.69) is 101 Å². The van der Waals surface area contributed by atoms with Gasteiger partial charge in [-0.1, -0.05) is 53.7 Å². The molecule has 0 saturated carbocycles. The highest BCUT2D eigenvalue weighted by Gasteiger charge is 2.19. The lowest BCUT2D eigenvalue weighted by Crippen LogP contribution is -2.37. The summed E-state index contributed by atoms with van der Waals surface area (Å²) >= 11 is 0. The fourth-order valence-corrected chi connectivity index (χ4v) is 5.66. The molecule has 2 amide bonds. The lowest BCUT2D eigenvalue weighted by atomic mass is 9.91. The van der Waals surface area contributed by atoms with E-state index < -0.39 is 0 Å². The average molecular weight is 730 g/mol. The maximum atomic E-state index is 12.5. The largest absolute Gasteiger partial charge is 0.497 e. The minimum absolute atomic E-state index is 0. The summed E-state index contributed by atoms with van der Waals surface area (Å²) in [6.07, 6.45) is 3.49. The van der Waals surface area contributed by atoms with E-state index in [4.69, 9.17) is 19.4 Å². The molecule has 2 atom stereocenters. The van der Waals surface area contributed by atoms with Gasteiger partial charge in [-0.3, -0.25) is 9.97 Å². The number of aromatic nitrogens is 2. The maximum Gasteiger partial charge on any atom is 0.314 e. The van der Waals surface area contributed by atoms with Gasteiger partial charge in [0.15, 0.2) is 0 Å². The summed E-state index contributed by atoms with van der Waals surface area (Å²) in [5.74, 6) is 1.60. The molecule has 4 aromatic rings. The van der Waals surface area contributed by atoms with Crippen molar-refractivity contribution in [1.82, 2.24) is 20.6 Å². The number of carbonyl (C=O) groups is 1. The third-order valence-corrected chi connectivity index (χ3v) is 8.54. The van der Waals surface area contributed by atoms with Crippen LogP contribution in [0.4, 0.5) is 16.2 Å². The number of hydrogen-bond acceptors (Lipinski definition) is 7. The molecular formula is C39H58Cl2N6O3. The second kappa shape index (κ2) is 18.5. The van der Waals surface area contributed by atoms with Gasteiger partial charge in [-0.05, 0) is 63.8 Å².